The monoisotopic (exact) mass is 1060 g/mol. The van der Waals surface area contributed by atoms with Crippen molar-refractivity contribution in [2.24, 2.45) is 11.8 Å². The third kappa shape index (κ3) is 13.5. The van der Waals surface area contributed by atoms with E-state index < -0.39 is 5.24 Å². The van der Waals surface area contributed by atoms with Gasteiger partial charge in [-0.3, -0.25) is 19.2 Å². The van der Waals surface area contributed by atoms with E-state index >= 15 is 0 Å². The number of halogens is 3. The van der Waals surface area contributed by atoms with Gasteiger partial charge in [-0.1, -0.05) is 72.8 Å². The second-order valence-corrected chi connectivity index (χ2v) is 18.6. The molecule has 4 aromatic heterocycles. The van der Waals surface area contributed by atoms with Crippen molar-refractivity contribution in [2.75, 3.05) is 63.0 Å². The summed E-state index contributed by atoms with van der Waals surface area (Å²) in [5.74, 6) is 1.56. The Balaban J connectivity index is 0.000000208. The molecule has 4 saturated heterocycles. The first-order valence-electron chi connectivity index (χ1n) is 23.2. The van der Waals surface area contributed by atoms with Crippen molar-refractivity contribution in [1.29, 1.82) is 0 Å². The molecule has 21 heteroatoms. The van der Waals surface area contributed by atoms with Crippen molar-refractivity contribution >= 4 is 118 Å². The highest BCUT2D eigenvalue weighted by molar-refractivity contribution is 7.59. The first kappa shape index (κ1) is 54.7. The third-order valence-corrected chi connectivity index (χ3v) is 13.7. The average Bonchev–Trinajstić information content (AvgIpc) is 4.23. The van der Waals surface area contributed by atoms with Crippen LogP contribution in [0.15, 0.2) is 98.6 Å². The summed E-state index contributed by atoms with van der Waals surface area (Å²) in [5, 5.41) is 12.7. The van der Waals surface area contributed by atoms with Gasteiger partial charge >= 0.3 is 0 Å². The number of benzene rings is 2. The number of amides is 3. The lowest BCUT2D eigenvalue weighted by molar-refractivity contribution is -0.138. The van der Waals surface area contributed by atoms with Crippen LogP contribution in [0.2, 0.25) is 10.0 Å². The van der Waals surface area contributed by atoms with E-state index in [1.54, 1.807) is 17.3 Å². The molecule has 8 heterocycles. The largest absolute Gasteiger partial charge is 0.360 e. The minimum atomic E-state index is -0.509. The molecular weight excluding hydrogens is 1000 g/mol. The van der Waals surface area contributed by atoms with Gasteiger partial charge in [-0.25, -0.2) is 19.9 Å². The highest BCUT2D eigenvalue weighted by atomic mass is 35.5. The van der Waals surface area contributed by atoms with Crippen molar-refractivity contribution < 1.29 is 19.2 Å². The number of nitrogens with zero attached hydrogens (tertiary/aromatic N) is 7. The first-order valence-corrected chi connectivity index (χ1v) is 24.4. The Kier molecular flexibility index (Phi) is 19.8. The molecule has 2 atom stereocenters. The predicted octanol–water partition coefficient (Wildman–Crippen LogP) is 8.17. The molecule has 0 bridgehead atoms. The van der Waals surface area contributed by atoms with Gasteiger partial charge in [0.2, 0.25) is 34.9 Å². The molecule has 71 heavy (non-hydrogen) atoms. The van der Waals surface area contributed by atoms with Crippen molar-refractivity contribution in [3.63, 3.8) is 0 Å². The number of piperidine rings is 2. The quantitative estimate of drug-likeness (QED) is 0.0656. The summed E-state index contributed by atoms with van der Waals surface area (Å²) in [6, 6.07) is 16.3. The fourth-order valence-electron chi connectivity index (χ4n) is 9.37. The van der Waals surface area contributed by atoms with Crippen LogP contribution in [0.5, 0.6) is 0 Å². The van der Waals surface area contributed by atoms with Crippen LogP contribution in [-0.2, 0) is 19.2 Å². The van der Waals surface area contributed by atoms with Gasteiger partial charge in [0.1, 0.15) is 0 Å². The molecule has 6 aromatic rings. The molecule has 10 rings (SSSR count). The summed E-state index contributed by atoms with van der Waals surface area (Å²) in [5.41, 5.74) is 5.31. The molecule has 0 saturated carbocycles. The van der Waals surface area contributed by atoms with Crippen LogP contribution < -0.4 is 16.0 Å². The van der Waals surface area contributed by atoms with E-state index in [-0.39, 0.29) is 68.6 Å². The number of aromatic nitrogens is 6. The molecule has 0 unspecified atom stereocenters. The van der Waals surface area contributed by atoms with Gasteiger partial charge in [0.25, 0.3) is 0 Å². The number of H-pyrrole nitrogens is 2. The number of carbonyl (C=O) groups is 4. The summed E-state index contributed by atoms with van der Waals surface area (Å²) in [6.45, 7) is 12.5. The highest BCUT2D eigenvalue weighted by Gasteiger charge is 2.35. The molecule has 376 valence electrons. The van der Waals surface area contributed by atoms with Crippen LogP contribution in [0.1, 0.15) is 38.5 Å². The second kappa shape index (κ2) is 25.7. The summed E-state index contributed by atoms with van der Waals surface area (Å²) < 4.78 is 0. The van der Waals surface area contributed by atoms with Gasteiger partial charge < -0.3 is 40.6 Å². The normalized spacial score (nSPS) is 18.0. The minimum Gasteiger partial charge on any atom is -0.360 e. The smallest absolute Gasteiger partial charge is 0.245 e. The Bertz CT molecular complexity index is 2830. The van der Waals surface area contributed by atoms with E-state index in [4.69, 9.17) is 44.8 Å². The molecule has 0 aliphatic carbocycles. The number of hydrogen-bond donors (Lipinski definition) is 5. The number of anilines is 2. The highest BCUT2D eigenvalue weighted by Crippen LogP contribution is 2.34. The van der Waals surface area contributed by atoms with Gasteiger partial charge in [0, 0.05) is 109 Å². The number of aromatic amines is 2. The van der Waals surface area contributed by atoms with Gasteiger partial charge in [-0.15, -0.1) is 0 Å². The maximum absolute atomic E-state index is 13.0. The number of nitrogens with one attached hydrogen (secondary N) is 5. The maximum Gasteiger partial charge on any atom is 0.245 e. The van der Waals surface area contributed by atoms with Crippen LogP contribution in [-0.4, -0.2) is 132 Å². The van der Waals surface area contributed by atoms with Crippen LogP contribution in [0, 0.1) is 11.8 Å². The molecule has 16 nitrogen and oxygen atoms in total. The van der Waals surface area contributed by atoms with Crippen molar-refractivity contribution in [3.8, 4) is 22.5 Å². The number of fused-ring (bicyclic) bond motifs is 2. The van der Waals surface area contributed by atoms with E-state index in [1.165, 1.54) is 6.08 Å². The lowest BCUT2D eigenvalue weighted by atomic mass is 9.95. The van der Waals surface area contributed by atoms with Crippen LogP contribution >= 0.6 is 61.8 Å². The number of likely N-dealkylation sites (tertiary alicyclic amines) is 3. The van der Waals surface area contributed by atoms with E-state index in [0.29, 0.717) is 78.9 Å². The molecule has 3 amide bonds. The summed E-state index contributed by atoms with van der Waals surface area (Å²) in [7, 11) is 0. The summed E-state index contributed by atoms with van der Waals surface area (Å²) >= 11 is 17.6. The molecular formula is C50H59Cl3N12O4S2. The topological polar surface area (TPSA) is 197 Å². The predicted molar refractivity (Wildman–Crippen MR) is 293 cm³/mol. The zero-order valence-electron chi connectivity index (χ0n) is 39.1. The molecule has 5 N–H and O–H groups in total. The minimum absolute atomic E-state index is 0. The van der Waals surface area contributed by atoms with Gasteiger partial charge in [-0.2, -0.15) is 27.0 Å². The Labute approximate surface area is 441 Å². The zero-order valence-corrected chi connectivity index (χ0v) is 43.4. The van der Waals surface area contributed by atoms with Gasteiger partial charge in [-0.05, 0) is 87.5 Å². The molecule has 0 spiro atoms. The van der Waals surface area contributed by atoms with E-state index in [9.17, 15) is 19.2 Å². The average molecular weight is 1060 g/mol. The number of rotatable bonds is 10. The SMILES string of the molecule is C=CC(=O)Cl.C=CC(=O)N1CCC(C(=O)N2CC[C@H](Nc3ncc(Cl)c(-c4c[nH]c5ccccc45)n3)C2)CC1.O=C(C1CCNCC1)N1CC[C@H](Nc2ncc(Cl)c(-c3c[nH]c4ccccc34)n2)C1.S.S. The summed E-state index contributed by atoms with van der Waals surface area (Å²) in [4.78, 5) is 77.4. The lowest BCUT2D eigenvalue weighted by Crippen LogP contribution is -2.43. The first-order chi connectivity index (χ1) is 33.5. The van der Waals surface area contributed by atoms with E-state index in [2.05, 4.69) is 49.0 Å². The van der Waals surface area contributed by atoms with E-state index in [0.717, 1.165) is 84.3 Å². The number of allylic oxidation sites excluding steroid dienone is 1. The number of hydrogen-bond acceptors (Lipinski definition) is 11. The molecule has 2 aromatic carbocycles. The van der Waals surface area contributed by atoms with Crippen molar-refractivity contribution in [1.82, 2.24) is 49.9 Å². The Morgan fingerprint density at radius 1 is 0.620 bits per heavy atom. The molecule has 0 radical (unpaired) electrons. The third-order valence-electron chi connectivity index (χ3n) is 13.0. The van der Waals surface area contributed by atoms with Gasteiger partial charge in [0.15, 0.2) is 0 Å². The standard InChI is InChI=1S/C25H27ClN6O2.C22H25ClN6O.C3H3ClO.2H2S/c1-2-22(33)31-10-7-16(8-11-31)24(34)32-12-9-17(15-32)29-25-28-14-20(26)23(30-25)19-13-27-21-6-4-3-5-18(19)21;23-18-12-26-22(28-20(18)17-11-25-19-4-2-1-3-16(17)19)27-15-7-10-29(13-15)21(30)14-5-8-24-9-6-14;1-2-3(4)5;;/h2-6,13-14,16-17,27H,1,7-12,15H2,(H,28,29,30);1-4,11-12,14-15,24-25H,5-10,13H2,(H,26,27,28);2H,1H2;2*1H2/t17-;15-;;;/m00.../s1. The molecule has 4 fully saturated rings. The number of carbonyl (C=O) groups excluding carboxylic acids is 4. The lowest BCUT2D eigenvalue weighted by Gasteiger charge is -2.32. The Morgan fingerprint density at radius 3 is 1.48 bits per heavy atom. The van der Waals surface area contributed by atoms with Crippen LogP contribution in [0.25, 0.3) is 44.3 Å². The van der Waals surface area contributed by atoms with Gasteiger partial charge in [0.05, 0.1) is 33.8 Å². The number of para-hydroxylation sites is 2. The fourth-order valence-corrected chi connectivity index (χ4v) is 9.75. The van der Waals surface area contributed by atoms with E-state index in [1.807, 2.05) is 70.7 Å². The Hall–Kier alpha value is -5.63. The second-order valence-electron chi connectivity index (χ2n) is 17.4. The van der Waals surface area contributed by atoms with Crippen molar-refractivity contribution in [3.05, 3.63) is 109 Å². The Morgan fingerprint density at radius 2 is 1.04 bits per heavy atom. The summed E-state index contributed by atoms with van der Waals surface area (Å²) in [6.07, 6.45) is 14.4. The van der Waals surface area contributed by atoms with Crippen LogP contribution in [0.3, 0.4) is 0 Å². The maximum atomic E-state index is 13.0. The zero-order chi connectivity index (χ0) is 48.4. The molecule has 4 aliphatic heterocycles. The fraction of sp³-hybridized carbons (Fsp3) is 0.360. The van der Waals surface area contributed by atoms with Crippen LogP contribution in [0.4, 0.5) is 11.9 Å². The van der Waals surface area contributed by atoms with Crippen molar-refractivity contribution in [2.45, 2.75) is 50.6 Å². The molecule has 4 aliphatic rings.